The number of aliphatic hydroxyl groups is 1. The second-order valence-corrected chi connectivity index (χ2v) is 8.76. The number of benzene rings is 1. The van der Waals surface area contributed by atoms with Crippen molar-refractivity contribution in [2.24, 2.45) is 0 Å². The summed E-state index contributed by atoms with van der Waals surface area (Å²) in [6, 6.07) is 5.06. The van der Waals surface area contributed by atoms with Gasteiger partial charge >= 0.3 is 6.18 Å². The highest BCUT2D eigenvalue weighted by molar-refractivity contribution is 5.96. The first-order valence-corrected chi connectivity index (χ1v) is 10.9. The molecule has 6 nitrogen and oxygen atoms in total. The smallest absolute Gasteiger partial charge is 0.393 e. The number of nitrogens with zero attached hydrogens (tertiary/aromatic N) is 2. The molecular formula is C22H28F3N3O3. The van der Waals surface area contributed by atoms with Crippen molar-refractivity contribution in [1.82, 2.24) is 15.1 Å². The molecule has 2 unspecified atom stereocenters. The number of halogens is 3. The lowest BCUT2D eigenvalue weighted by Gasteiger charge is -2.36. The van der Waals surface area contributed by atoms with E-state index < -0.39 is 17.6 Å². The molecule has 3 aliphatic rings. The highest BCUT2D eigenvalue weighted by Gasteiger charge is 2.46. The van der Waals surface area contributed by atoms with Crippen LogP contribution in [0.4, 0.5) is 13.2 Å². The van der Waals surface area contributed by atoms with Crippen molar-refractivity contribution in [3.63, 3.8) is 0 Å². The number of carbonyl (C=O) groups excluding carboxylic acids is 2. The Kier molecular flexibility index (Phi) is 6.25. The highest BCUT2D eigenvalue weighted by Crippen LogP contribution is 2.36. The van der Waals surface area contributed by atoms with Crippen molar-refractivity contribution in [3.05, 3.63) is 35.4 Å². The summed E-state index contributed by atoms with van der Waals surface area (Å²) in [7, 11) is 0. The second kappa shape index (κ2) is 8.78. The molecule has 4 rings (SSSR count). The number of likely N-dealkylation sites (tertiary alicyclic amines) is 2. The third-order valence-corrected chi connectivity index (χ3v) is 6.93. The van der Waals surface area contributed by atoms with Gasteiger partial charge < -0.3 is 15.3 Å². The quantitative estimate of drug-likeness (QED) is 0.756. The predicted molar refractivity (Wildman–Crippen MR) is 107 cm³/mol. The van der Waals surface area contributed by atoms with Crippen LogP contribution >= 0.6 is 0 Å². The average Bonchev–Trinajstić information content (AvgIpc) is 3.34. The van der Waals surface area contributed by atoms with Gasteiger partial charge in [-0.25, -0.2) is 0 Å². The Balaban J connectivity index is 1.31. The molecule has 2 atom stereocenters. The SMILES string of the molecule is O=C(NCC(=O)N1CCC2C1CCN2C1CCC(O)CC1)c1cccc(C(F)(F)F)c1. The summed E-state index contributed by atoms with van der Waals surface area (Å²) < 4.78 is 38.6. The first-order chi connectivity index (χ1) is 14.7. The van der Waals surface area contributed by atoms with E-state index in [9.17, 15) is 27.9 Å². The average molecular weight is 439 g/mol. The fourth-order valence-electron chi connectivity index (χ4n) is 5.37. The molecule has 1 aliphatic carbocycles. The van der Waals surface area contributed by atoms with Crippen LogP contribution in [0.15, 0.2) is 24.3 Å². The number of alkyl halides is 3. The monoisotopic (exact) mass is 439 g/mol. The molecule has 9 heteroatoms. The summed E-state index contributed by atoms with van der Waals surface area (Å²) in [6.45, 7) is 1.32. The van der Waals surface area contributed by atoms with Crippen LogP contribution in [0.5, 0.6) is 0 Å². The first kappa shape index (κ1) is 22.1. The van der Waals surface area contributed by atoms with E-state index >= 15 is 0 Å². The summed E-state index contributed by atoms with van der Waals surface area (Å²) >= 11 is 0. The highest BCUT2D eigenvalue weighted by atomic mass is 19.4. The van der Waals surface area contributed by atoms with Crippen LogP contribution in [-0.4, -0.2) is 70.6 Å². The molecule has 2 heterocycles. The van der Waals surface area contributed by atoms with Gasteiger partial charge in [-0.3, -0.25) is 14.5 Å². The molecule has 3 fully saturated rings. The minimum Gasteiger partial charge on any atom is -0.393 e. The zero-order valence-corrected chi connectivity index (χ0v) is 17.3. The molecule has 31 heavy (non-hydrogen) atoms. The second-order valence-electron chi connectivity index (χ2n) is 8.76. The van der Waals surface area contributed by atoms with Crippen molar-refractivity contribution >= 4 is 11.8 Å². The predicted octanol–water partition coefficient (Wildman–Crippen LogP) is 2.41. The summed E-state index contributed by atoms with van der Waals surface area (Å²) in [5, 5.41) is 12.2. The van der Waals surface area contributed by atoms with Crippen LogP contribution in [0.3, 0.4) is 0 Å². The Morgan fingerprint density at radius 2 is 1.74 bits per heavy atom. The van der Waals surface area contributed by atoms with Gasteiger partial charge in [0.1, 0.15) is 0 Å². The van der Waals surface area contributed by atoms with Crippen LogP contribution in [0.2, 0.25) is 0 Å². The molecule has 0 radical (unpaired) electrons. The van der Waals surface area contributed by atoms with Gasteiger partial charge in [-0.05, 0) is 56.7 Å². The first-order valence-electron chi connectivity index (χ1n) is 10.9. The maximum Gasteiger partial charge on any atom is 0.416 e. The summed E-state index contributed by atoms with van der Waals surface area (Å²) in [5.41, 5.74) is -1.01. The van der Waals surface area contributed by atoms with Crippen molar-refractivity contribution in [1.29, 1.82) is 0 Å². The number of hydrogen-bond donors (Lipinski definition) is 2. The number of fused-ring (bicyclic) bond motifs is 1. The fourth-order valence-corrected chi connectivity index (χ4v) is 5.37. The lowest BCUT2D eigenvalue weighted by molar-refractivity contribution is -0.137. The van der Waals surface area contributed by atoms with E-state index in [2.05, 4.69) is 10.2 Å². The van der Waals surface area contributed by atoms with E-state index in [1.165, 1.54) is 12.1 Å². The molecule has 0 aromatic heterocycles. The van der Waals surface area contributed by atoms with Gasteiger partial charge in [0.15, 0.2) is 0 Å². The lowest BCUT2D eigenvalue weighted by atomic mass is 9.91. The Bertz CT molecular complexity index is 824. The zero-order valence-electron chi connectivity index (χ0n) is 17.3. The van der Waals surface area contributed by atoms with E-state index in [1.54, 1.807) is 0 Å². The van der Waals surface area contributed by atoms with Crippen LogP contribution < -0.4 is 5.32 Å². The Morgan fingerprint density at radius 1 is 1.03 bits per heavy atom. The van der Waals surface area contributed by atoms with Crippen LogP contribution in [0, 0.1) is 0 Å². The fraction of sp³-hybridized carbons (Fsp3) is 0.636. The van der Waals surface area contributed by atoms with Gasteiger partial charge in [-0.1, -0.05) is 6.07 Å². The minimum atomic E-state index is -4.53. The maximum absolute atomic E-state index is 12.9. The molecule has 170 valence electrons. The van der Waals surface area contributed by atoms with E-state index in [4.69, 9.17) is 0 Å². The molecule has 0 spiro atoms. The number of amides is 2. The van der Waals surface area contributed by atoms with Crippen molar-refractivity contribution in [2.45, 2.75) is 68.9 Å². The summed E-state index contributed by atoms with van der Waals surface area (Å²) in [4.78, 5) is 29.3. The van der Waals surface area contributed by atoms with Gasteiger partial charge in [-0.15, -0.1) is 0 Å². The molecule has 1 saturated carbocycles. The third-order valence-electron chi connectivity index (χ3n) is 6.93. The molecule has 2 saturated heterocycles. The van der Waals surface area contributed by atoms with E-state index in [1.807, 2.05) is 4.90 Å². The van der Waals surface area contributed by atoms with E-state index in [-0.39, 0.29) is 30.2 Å². The van der Waals surface area contributed by atoms with Crippen molar-refractivity contribution < 1.29 is 27.9 Å². The lowest BCUT2D eigenvalue weighted by Crippen LogP contribution is -2.46. The number of rotatable bonds is 4. The molecule has 2 amide bonds. The Morgan fingerprint density at radius 3 is 2.45 bits per heavy atom. The van der Waals surface area contributed by atoms with Crippen molar-refractivity contribution in [3.8, 4) is 0 Å². The number of aliphatic hydroxyl groups excluding tert-OH is 1. The van der Waals surface area contributed by atoms with Crippen LogP contribution in [-0.2, 0) is 11.0 Å². The van der Waals surface area contributed by atoms with Gasteiger partial charge in [0.05, 0.1) is 18.2 Å². The Labute approximate surface area is 179 Å². The van der Waals surface area contributed by atoms with Gasteiger partial charge in [0, 0.05) is 36.8 Å². The number of carbonyl (C=O) groups is 2. The van der Waals surface area contributed by atoms with E-state index in [0.717, 1.165) is 57.2 Å². The molecule has 1 aromatic carbocycles. The Hall–Kier alpha value is -2.13. The van der Waals surface area contributed by atoms with Crippen molar-refractivity contribution in [2.75, 3.05) is 19.6 Å². The molecule has 2 N–H and O–H groups in total. The normalized spacial score (nSPS) is 29.1. The number of hydrogen-bond acceptors (Lipinski definition) is 4. The summed E-state index contributed by atoms with van der Waals surface area (Å²) in [6.07, 6.45) is 0.648. The molecule has 0 bridgehead atoms. The molecule has 1 aromatic rings. The van der Waals surface area contributed by atoms with E-state index in [0.29, 0.717) is 18.6 Å². The number of nitrogens with one attached hydrogen (secondary N) is 1. The minimum absolute atomic E-state index is 0.116. The zero-order chi connectivity index (χ0) is 22.2. The van der Waals surface area contributed by atoms with Gasteiger partial charge in [-0.2, -0.15) is 13.2 Å². The summed E-state index contributed by atoms with van der Waals surface area (Å²) in [5.74, 6) is -0.891. The molecule has 2 aliphatic heterocycles. The third kappa shape index (κ3) is 4.72. The maximum atomic E-state index is 12.9. The largest absolute Gasteiger partial charge is 0.416 e. The van der Waals surface area contributed by atoms with Gasteiger partial charge in [0.25, 0.3) is 5.91 Å². The van der Waals surface area contributed by atoms with Gasteiger partial charge in [0.2, 0.25) is 5.91 Å². The standard InChI is InChI=1S/C22H28F3N3O3/c23-22(24,25)15-3-1-2-14(12-15)21(31)26-13-20(30)28-11-9-18-19(28)8-10-27(18)16-4-6-17(29)7-5-16/h1-3,12,16-19,29H,4-11,13H2,(H,26,31). The van der Waals surface area contributed by atoms with Crippen LogP contribution in [0.1, 0.15) is 54.4 Å². The van der Waals surface area contributed by atoms with Crippen LogP contribution in [0.25, 0.3) is 0 Å². The topological polar surface area (TPSA) is 72.9 Å². The molecular weight excluding hydrogens is 411 g/mol.